The van der Waals surface area contributed by atoms with Crippen molar-refractivity contribution >= 4 is 15.9 Å². The summed E-state index contributed by atoms with van der Waals surface area (Å²) in [6, 6.07) is 14.6. The average molecular weight is 348 g/mol. The van der Waals surface area contributed by atoms with Gasteiger partial charge in [0.15, 0.2) is 11.5 Å². The fourth-order valence-corrected chi connectivity index (χ4v) is 2.86. The number of hydrogen-bond donors (Lipinski definition) is 0. The summed E-state index contributed by atoms with van der Waals surface area (Å²) in [6.07, 6.45) is 1.06. The number of nitrogens with zero attached hydrogens (tertiary/aromatic N) is 1. The van der Waals surface area contributed by atoms with Crippen molar-refractivity contribution in [3.63, 3.8) is 0 Å². The molecule has 1 heterocycles. The fraction of sp³-hybridized carbons (Fsp3) is 0.294. The maximum Gasteiger partial charge on any atom is 0.231 e. The highest BCUT2D eigenvalue weighted by Gasteiger charge is 2.16. The summed E-state index contributed by atoms with van der Waals surface area (Å²) in [5.74, 6) is 1.65. The predicted molar refractivity (Wildman–Crippen MR) is 86.7 cm³/mol. The molecule has 0 saturated heterocycles. The Balaban J connectivity index is 1.61. The molecule has 0 unspecified atom stereocenters. The molecular formula is C17H18BrNO2. The first-order chi connectivity index (χ1) is 10.2. The largest absolute Gasteiger partial charge is 0.454 e. The van der Waals surface area contributed by atoms with Gasteiger partial charge in [-0.05, 0) is 36.7 Å². The molecular weight excluding hydrogens is 330 g/mol. The van der Waals surface area contributed by atoms with Gasteiger partial charge in [0, 0.05) is 17.6 Å². The minimum absolute atomic E-state index is 0.315. The second-order valence-electron chi connectivity index (χ2n) is 5.27. The van der Waals surface area contributed by atoms with E-state index in [2.05, 4.69) is 64.3 Å². The first kappa shape index (κ1) is 14.4. The van der Waals surface area contributed by atoms with Crippen molar-refractivity contribution in [1.82, 2.24) is 4.90 Å². The lowest BCUT2D eigenvalue weighted by molar-refractivity contribution is 0.174. The molecule has 0 bridgehead atoms. The molecule has 0 N–H and O–H groups in total. The molecule has 1 aliphatic heterocycles. The van der Waals surface area contributed by atoms with Gasteiger partial charge in [0.05, 0.1) is 0 Å². The van der Waals surface area contributed by atoms with E-state index in [1.807, 2.05) is 6.07 Å². The standard InChI is InChI=1S/C17H18BrNO2/c1-19(8-7-13-5-3-2-4-6-13)11-14-9-16-17(10-15(14)18)21-12-20-16/h2-6,9-10H,7-8,11-12H2,1H3. The van der Waals surface area contributed by atoms with E-state index in [-0.39, 0.29) is 0 Å². The van der Waals surface area contributed by atoms with Crippen molar-refractivity contribution in [3.8, 4) is 11.5 Å². The monoisotopic (exact) mass is 347 g/mol. The van der Waals surface area contributed by atoms with E-state index < -0.39 is 0 Å². The van der Waals surface area contributed by atoms with Crippen molar-refractivity contribution in [2.45, 2.75) is 13.0 Å². The maximum atomic E-state index is 5.44. The molecule has 0 fully saturated rings. The van der Waals surface area contributed by atoms with Gasteiger partial charge < -0.3 is 14.4 Å². The Morgan fingerprint density at radius 1 is 1.10 bits per heavy atom. The van der Waals surface area contributed by atoms with Crippen LogP contribution in [-0.2, 0) is 13.0 Å². The number of fused-ring (bicyclic) bond motifs is 1. The number of hydrogen-bond acceptors (Lipinski definition) is 3. The summed E-state index contributed by atoms with van der Waals surface area (Å²) in [5.41, 5.74) is 2.59. The highest BCUT2D eigenvalue weighted by molar-refractivity contribution is 9.10. The van der Waals surface area contributed by atoms with Gasteiger partial charge in [-0.3, -0.25) is 0 Å². The van der Waals surface area contributed by atoms with Crippen LogP contribution in [0.15, 0.2) is 46.9 Å². The molecule has 21 heavy (non-hydrogen) atoms. The summed E-state index contributed by atoms with van der Waals surface area (Å²) in [6.45, 7) is 2.21. The van der Waals surface area contributed by atoms with E-state index >= 15 is 0 Å². The van der Waals surface area contributed by atoms with E-state index in [1.165, 1.54) is 11.1 Å². The predicted octanol–water partition coefficient (Wildman–Crippen LogP) is 3.85. The zero-order valence-corrected chi connectivity index (χ0v) is 13.6. The van der Waals surface area contributed by atoms with Crippen molar-refractivity contribution in [3.05, 3.63) is 58.1 Å². The molecule has 0 aliphatic carbocycles. The van der Waals surface area contributed by atoms with E-state index in [4.69, 9.17) is 9.47 Å². The highest BCUT2D eigenvalue weighted by atomic mass is 79.9. The fourth-order valence-electron chi connectivity index (χ4n) is 2.41. The summed E-state index contributed by atoms with van der Waals surface area (Å²) in [4.78, 5) is 2.31. The molecule has 0 spiro atoms. The number of halogens is 1. The number of ether oxygens (including phenoxy) is 2. The van der Waals surface area contributed by atoms with Gasteiger partial charge in [-0.1, -0.05) is 46.3 Å². The summed E-state index contributed by atoms with van der Waals surface area (Å²) >= 11 is 3.61. The van der Waals surface area contributed by atoms with E-state index in [0.717, 1.165) is 35.5 Å². The topological polar surface area (TPSA) is 21.7 Å². The molecule has 2 aromatic carbocycles. The Kier molecular flexibility index (Phi) is 4.46. The quantitative estimate of drug-likeness (QED) is 0.819. The lowest BCUT2D eigenvalue weighted by Crippen LogP contribution is -2.21. The normalized spacial score (nSPS) is 12.9. The van der Waals surface area contributed by atoms with Crippen LogP contribution in [0.1, 0.15) is 11.1 Å². The Hall–Kier alpha value is -1.52. The van der Waals surface area contributed by atoms with Gasteiger partial charge in [0.2, 0.25) is 6.79 Å². The van der Waals surface area contributed by atoms with Crippen LogP contribution in [0.2, 0.25) is 0 Å². The van der Waals surface area contributed by atoms with E-state index in [9.17, 15) is 0 Å². The van der Waals surface area contributed by atoms with Crippen LogP contribution >= 0.6 is 15.9 Å². The van der Waals surface area contributed by atoms with Crippen molar-refractivity contribution in [1.29, 1.82) is 0 Å². The van der Waals surface area contributed by atoms with Crippen molar-refractivity contribution in [2.24, 2.45) is 0 Å². The van der Waals surface area contributed by atoms with Gasteiger partial charge in [0.25, 0.3) is 0 Å². The van der Waals surface area contributed by atoms with Crippen LogP contribution in [0, 0.1) is 0 Å². The molecule has 1 aliphatic rings. The average Bonchev–Trinajstić information content (AvgIpc) is 2.94. The van der Waals surface area contributed by atoms with Gasteiger partial charge in [-0.25, -0.2) is 0 Å². The zero-order valence-electron chi connectivity index (χ0n) is 12.0. The molecule has 2 aromatic rings. The Labute approximate surface area is 133 Å². The van der Waals surface area contributed by atoms with Gasteiger partial charge in [-0.15, -0.1) is 0 Å². The molecule has 3 rings (SSSR count). The highest BCUT2D eigenvalue weighted by Crippen LogP contribution is 2.37. The first-order valence-electron chi connectivity index (χ1n) is 7.03. The molecule has 0 amide bonds. The van der Waals surface area contributed by atoms with Crippen LogP contribution in [0.3, 0.4) is 0 Å². The van der Waals surface area contributed by atoms with Crippen molar-refractivity contribution in [2.75, 3.05) is 20.4 Å². The van der Waals surface area contributed by atoms with Gasteiger partial charge in [-0.2, -0.15) is 0 Å². The van der Waals surface area contributed by atoms with Gasteiger partial charge >= 0.3 is 0 Å². The second kappa shape index (κ2) is 6.50. The minimum atomic E-state index is 0.315. The molecule has 0 aromatic heterocycles. The van der Waals surface area contributed by atoms with Crippen LogP contribution in [0.4, 0.5) is 0 Å². The molecule has 0 saturated carbocycles. The minimum Gasteiger partial charge on any atom is -0.454 e. The van der Waals surface area contributed by atoms with Gasteiger partial charge in [0.1, 0.15) is 0 Å². The summed E-state index contributed by atoms with van der Waals surface area (Å²) in [5, 5.41) is 0. The molecule has 0 atom stereocenters. The van der Waals surface area contributed by atoms with E-state index in [0.29, 0.717) is 6.79 Å². The third kappa shape index (κ3) is 3.57. The Morgan fingerprint density at radius 3 is 2.57 bits per heavy atom. The van der Waals surface area contributed by atoms with Crippen LogP contribution < -0.4 is 9.47 Å². The van der Waals surface area contributed by atoms with Crippen LogP contribution in [0.5, 0.6) is 11.5 Å². The van der Waals surface area contributed by atoms with Crippen LogP contribution in [-0.4, -0.2) is 25.3 Å². The number of benzene rings is 2. The molecule has 3 nitrogen and oxygen atoms in total. The second-order valence-corrected chi connectivity index (χ2v) is 6.12. The van der Waals surface area contributed by atoms with E-state index in [1.54, 1.807) is 0 Å². The summed E-state index contributed by atoms with van der Waals surface area (Å²) < 4.78 is 11.9. The summed E-state index contributed by atoms with van der Waals surface area (Å²) in [7, 11) is 2.14. The molecule has 4 heteroatoms. The Morgan fingerprint density at radius 2 is 1.81 bits per heavy atom. The third-order valence-electron chi connectivity index (χ3n) is 3.61. The zero-order chi connectivity index (χ0) is 14.7. The number of rotatable bonds is 5. The number of likely N-dealkylation sites (N-methyl/N-ethyl adjacent to an activating group) is 1. The Bertz CT molecular complexity index is 616. The van der Waals surface area contributed by atoms with Crippen LogP contribution in [0.25, 0.3) is 0 Å². The van der Waals surface area contributed by atoms with Crippen molar-refractivity contribution < 1.29 is 9.47 Å². The smallest absolute Gasteiger partial charge is 0.231 e. The maximum absolute atomic E-state index is 5.44. The third-order valence-corrected chi connectivity index (χ3v) is 4.35. The SMILES string of the molecule is CN(CCc1ccccc1)Cc1cc2c(cc1Br)OCO2. The lowest BCUT2D eigenvalue weighted by atomic mass is 10.1. The molecule has 0 radical (unpaired) electrons. The first-order valence-corrected chi connectivity index (χ1v) is 7.82. The lowest BCUT2D eigenvalue weighted by Gasteiger charge is -2.18. The molecule has 110 valence electrons.